The molecule has 0 bridgehead atoms. The van der Waals surface area contributed by atoms with Crippen molar-refractivity contribution in [2.24, 2.45) is 0 Å². The van der Waals surface area contributed by atoms with Crippen molar-refractivity contribution in [1.82, 2.24) is 15.1 Å². The second kappa shape index (κ2) is 6.18. The van der Waals surface area contributed by atoms with E-state index >= 15 is 0 Å². The Labute approximate surface area is 127 Å². The maximum Gasteiger partial charge on any atom is 0.327 e. The number of nitrogens with zero attached hydrogens (tertiary/aromatic N) is 2. The zero-order valence-corrected chi connectivity index (χ0v) is 13.8. The number of nitrogens with one attached hydrogen (secondary N) is 1. The van der Waals surface area contributed by atoms with Gasteiger partial charge in [0.25, 0.3) is 0 Å². The number of rotatable bonds is 7. The van der Waals surface area contributed by atoms with Crippen LogP contribution in [0.5, 0.6) is 0 Å². The van der Waals surface area contributed by atoms with Crippen LogP contribution in [-0.4, -0.2) is 33.9 Å². The molecule has 0 aromatic carbocycles. The number of hydrogen-bond acceptors (Lipinski definition) is 4. The highest BCUT2D eigenvalue weighted by molar-refractivity contribution is 5.80. The summed E-state index contributed by atoms with van der Waals surface area (Å²) in [5, 5.41) is 8.04. The van der Waals surface area contributed by atoms with E-state index in [4.69, 9.17) is 4.74 Å². The number of ether oxygens (including phenoxy) is 1. The van der Waals surface area contributed by atoms with Gasteiger partial charge in [-0.05, 0) is 52.5 Å². The van der Waals surface area contributed by atoms with Crippen molar-refractivity contribution in [2.45, 2.75) is 72.0 Å². The van der Waals surface area contributed by atoms with Crippen molar-refractivity contribution >= 4 is 5.97 Å². The van der Waals surface area contributed by atoms with Crippen LogP contribution in [0.3, 0.4) is 0 Å². The summed E-state index contributed by atoms with van der Waals surface area (Å²) in [6.45, 7) is 10.9. The van der Waals surface area contributed by atoms with E-state index in [1.54, 1.807) is 0 Å². The predicted molar refractivity (Wildman–Crippen MR) is 82.3 cm³/mol. The van der Waals surface area contributed by atoms with Crippen LogP contribution in [0.15, 0.2) is 0 Å². The number of aromatic nitrogens is 2. The molecule has 0 radical (unpaired) electrons. The average molecular weight is 293 g/mol. The van der Waals surface area contributed by atoms with Gasteiger partial charge < -0.3 is 4.74 Å². The smallest absolute Gasteiger partial charge is 0.327 e. The van der Waals surface area contributed by atoms with Gasteiger partial charge in [-0.15, -0.1) is 0 Å². The third-order valence-electron chi connectivity index (χ3n) is 4.18. The molecule has 5 nitrogen and oxygen atoms in total. The fraction of sp³-hybridized carbons (Fsp3) is 0.750. The first-order valence-corrected chi connectivity index (χ1v) is 7.89. The average Bonchev–Trinajstić information content (AvgIpc) is 3.17. The van der Waals surface area contributed by atoms with Gasteiger partial charge in [-0.3, -0.25) is 10.00 Å². The first-order valence-electron chi connectivity index (χ1n) is 7.89. The summed E-state index contributed by atoms with van der Waals surface area (Å²) in [5.41, 5.74) is 2.74. The van der Waals surface area contributed by atoms with E-state index in [1.165, 1.54) is 5.56 Å². The Bertz CT molecular complexity index is 520. The fourth-order valence-corrected chi connectivity index (χ4v) is 2.84. The maximum absolute atomic E-state index is 12.4. The summed E-state index contributed by atoms with van der Waals surface area (Å²) in [7, 11) is 0. The standard InChI is InChI=1S/C16H27N3O2/c1-6-14-11(3)18-19(12(14)4)10-16(5,15(20)21-7-2)17-13-8-9-13/h13,17H,6-10H2,1-5H3. The highest BCUT2D eigenvalue weighted by atomic mass is 16.5. The second-order valence-corrected chi connectivity index (χ2v) is 6.13. The minimum atomic E-state index is -0.717. The topological polar surface area (TPSA) is 56.2 Å². The number of carbonyl (C=O) groups is 1. The summed E-state index contributed by atoms with van der Waals surface area (Å²) in [4.78, 5) is 12.4. The Balaban J connectivity index is 2.23. The lowest BCUT2D eigenvalue weighted by atomic mass is 10.0. The van der Waals surface area contributed by atoms with E-state index in [0.717, 1.165) is 30.7 Å². The Morgan fingerprint density at radius 1 is 1.43 bits per heavy atom. The van der Waals surface area contributed by atoms with Crippen LogP contribution in [-0.2, 0) is 22.5 Å². The molecule has 1 fully saturated rings. The molecule has 118 valence electrons. The highest BCUT2D eigenvalue weighted by Crippen LogP contribution is 2.25. The molecular formula is C16H27N3O2. The van der Waals surface area contributed by atoms with Gasteiger partial charge >= 0.3 is 5.97 Å². The van der Waals surface area contributed by atoms with Crippen molar-refractivity contribution in [3.63, 3.8) is 0 Å². The molecule has 1 heterocycles. The molecule has 1 N–H and O–H groups in total. The molecule has 1 aromatic rings. The molecule has 1 aromatic heterocycles. The minimum Gasteiger partial charge on any atom is -0.465 e. The van der Waals surface area contributed by atoms with E-state index in [2.05, 4.69) is 24.3 Å². The number of aryl methyl sites for hydroxylation is 1. The Morgan fingerprint density at radius 2 is 2.10 bits per heavy atom. The van der Waals surface area contributed by atoms with Crippen LogP contribution in [0, 0.1) is 13.8 Å². The molecule has 1 saturated carbocycles. The third-order valence-corrected chi connectivity index (χ3v) is 4.18. The quantitative estimate of drug-likeness (QED) is 0.783. The van der Waals surface area contributed by atoms with Gasteiger partial charge in [0.1, 0.15) is 5.54 Å². The van der Waals surface area contributed by atoms with Crippen LogP contribution in [0.4, 0.5) is 0 Å². The Hall–Kier alpha value is -1.36. The Morgan fingerprint density at radius 3 is 2.57 bits per heavy atom. The lowest BCUT2D eigenvalue weighted by molar-refractivity contribution is -0.151. The summed E-state index contributed by atoms with van der Waals surface area (Å²) >= 11 is 0. The van der Waals surface area contributed by atoms with Gasteiger partial charge in [-0.25, -0.2) is 4.79 Å². The third kappa shape index (κ3) is 3.46. The highest BCUT2D eigenvalue weighted by Gasteiger charge is 2.40. The summed E-state index contributed by atoms with van der Waals surface area (Å²) in [6, 6.07) is 0.432. The van der Waals surface area contributed by atoms with E-state index in [-0.39, 0.29) is 5.97 Å². The Kier molecular flexibility index (Phi) is 4.71. The largest absolute Gasteiger partial charge is 0.465 e. The summed E-state index contributed by atoms with van der Waals surface area (Å²) in [5.74, 6) is -0.192. The van der Waals surface area contributed by atoms with E-state index in [9.17, 15) is 4.79 Å². The van der Waals surface area contributed by atoms with Crippen molar-refractivity contribution in [3.05, 3.63) is 17.0 Å². The lowest BCUT2D eigenvalue weighted by Crippen LogP contribution is -2.54. The van der Waals surface area contributed by atoms with Crippen LogP contribution < -0.4 is 5.32 Å². The first-order chi connectivity index (χ1) is 9.91. The summed E-state index contributed by atoms with van der Waals surface area (Å²) in [6.07, 6.45) is 3.22. The van der Waals surface area contributed by atoms with Crippen molar-refractivity contribution in [1.29, 1.82) is 0 Å². The fourth-order valence-electron chi connectivity index (χ4n) is 2.84. The van der Waals surface area contributed by atoms with Gasteiger partial charge in [-0.1, -0.05) is 6.92 Å². The minimum absolute atomic E-state index is 0.192. The SMILES string of the molecule is CCOC(=O)C(C)(Cn1nc(C)c(CC)c1C)NC1CC1. The zero-order chi connectivity index (χ0) is 15.6. The molecule has 5 heteroatoms. The van der Waals surface area contributed by atoms with E-state index < -0.39 is 5.54 Å². The van der Waals surface area contributed by atoms with Gasteiger partial charge in [-0.2, -0.15) is 5.10 Å². The van der Waals surface area contributed by atoms with Crippen LogP contribution in [0.25, 0.3) is 0 Å². The van der Waals surface area contributed by atoms with Gasteiger partial charge in [0, 0.05) is 11.7 Å². The van der Waals surface area contributed by atoms with Crippen LogP contribution >= 0.6 is 0 Å². The molecule has 1 unspecified atom stereocenters. The zero-order valence-electron chi connectivity index (χ0n) is 13.8. The number of esters is 1. The molecule has 1 aliphatic carbocycles. The molecule has 2 rings (SSSR count). The number of carbonyl (C=O) groups excluding carboxylic acids is 1. The molecule has 0 saturated heterocycles. The maximum atomic E-state index is 12.4. The van der Waals surface area contributed by atoms with E-state index in [0.29, 0.717) is 19.2 Å². The van der Waals surface area contributed by atoms with Crippen molar-refractivity contribution in [2.75, 3.05) is 6.61 Å². The van der Waals surface area contributed by atoms with Gasteiger partial charge in [0.05, 0.1) is 18.8 Å². The predicted octanol–water partition coefficient (Wildman–Crippen LogP) is 2.14. The number of hydrogen-bond donors (Lipinski definition) is 1. The van der Waals surface area contributed by atoms with Crippen molar-refractivity contribution in [3.8, 4) is 0 Å². The molecule has 0 aliphatic heterocycles. The van der Waals surface area contributed by atoms with Gasteiger partial charge in [0.15, 0.2) is 0 Å². The molecule has 1 atom stereocenters. The molecule has 0 amide bonds. The lowest BCUT2D eigenvalue weighted by Gasteiger charge is -2.29. The molecular weight excluding hydrogens is 266 g/mol. The molecule has 21 heavy (non-hydrogen) atoms. The monoisotopic (exact) mass is 293 g/mol. The normalized spacial score (nSPS) is 17.6. The first kappa shape index (κ1) is 16.0. The second-order valence-electron chi connectivity index (χ2n) is 6.13. The molecule has 0 spiro atoms. The van der Waals surface area contributed by atoms with E-state index in [1.807, 2.05) is 25.5 Å². The van der Waals surface area contributed by atoms with Crippen LogP contribution in [0.1, 0.15) is 50.6 Å². The molecule has 1 aliphatic rings. The van der Waals surface area contributed by atoms with Crippen LogP contribution in [0.2, 0.25) is 0 Å². The van der Waals surface area contributed by atoms with Crippen molar-refractivity contribution < 1.29 is 9.53 Å². The summed E-state index contributed by atoms with van der Waals surface area (Å²) < 4.78 is 7.21. The van der Waals surface area contributed by atoms with Gasteiger partial charge in [0.2, 0.25) is 0 Å².